The highest BCUT2D eigenvalue weighted by atomic mass is 127. The zero-order valence-corrected chi connectivity index (χ0v) is 14.5. The Bertz CT molecular complexity index is 648. The Morgan fingerprint density at radius 3 is 2.81 bits per heavy atom. The highest BCUT2D eigenvalue weighted by Crippen LogP contribution is 2.19. The molecule has 0 aliphatic carbocycles. The van der Waals surface area contributed by atoms with E-state index in [4.69, 9.17) is 5.11 Å². The van der Waals surface area contributed by atoms with Gasteiger partial charge in [-0.3, -0.25) is 0 Å². The predicted molar refractivity (Wildman–Crippen MR) is 87.0 cm³/mol. The molecule has 1 fully saturated rings. The molecule has 0 amide bonds. The van der Waals surface area contributed by atoms with E-state index in [1.54, 1.807) is 0 Å². The lowest BCUT2D eigenvalue weighted by molar-refractivity contribution is 0.0695. The number of nitrogens with one attached hydrogen (secondary N) is 1. The van der Waals surface area contributed by atoms with Crippen LogP contribution in [0.5, 0.6) is 0 Å². The Balaban J connectivity index is 2.15. The molecule has 0 saturated carbocycles. The van der Waals surface area contributed by atoms with Gasteiger partial charge in [-0.25, -0.2) is 17.9 Å². The van der Waals surface area contributed by atoms with Crippen LogP contribution in [-0.2, 0) is 10.0 Å². The molecule has 8 heteroatoms. The summed E-state index contributed by atoms with van der Waals surface area (Å²) in [6.07, 6.45) is 2.03. The Morgan fingerprint density at radius 1 is 1.52 bits per heavy atom. The molecule has 1 heterocycles. The first-order chi connectivity index (χ1) is 9.81. The zero-order valence-electron chi connectivity index (χ0n) is 11.5. The SMILES string of the molecule is CN1CCCC1CNS(=O)(=O)c1ccc(I)c(C(=O)O)c1. The summed E-state index contributed by atoms with van der Waals surface area (Å²) < 4.78 is 27.6. The fourth-order valence-corrected chi connectivity index (χ4v) is 4.03. The lowest BCUT2D eigenvalue weighted by atomic mass is 10.2. The van der Waals surface area contributed by atoms with E-state index in [9.17, 15) is 13.2 Å². The predicted octanol–water partition coefficient (Wildman–Crippen LogP) is 1.36. The number of carboxylic acids is 1. The van der Waals surface area contributed by atoms with Crippen LogP contribution < -0.4 is 4.72 Å². The topological polar surface area (TPSA) is 86.7 Å². The number of nitrogens with zero attached hydrogens (tertiary/aromatic N) is 1. The third-order valence-electron chi connectivity index (χ3n) is 3.66. The number of hydrogen-bond donors (Lipinski definition) is 2. The molecule has 0 aromatic heterocycles. The quantitative estimate of drug-likeness (QED) is 0.698. The van der Waals surface area contributed by atoms with E-state index in [0.29, 0.717) is 10.1 Å². The van der Waals surface area contributed by atoms with Crippen molar-refractivity contribution in [1.82, 2.24) is 9.62 Å². The minimum absolute atomic E-state index is 0.00328. The van der Waals surface area contributed by atoms with Crippen molar-refractivity contribution < 1.29 is 18.3 Å². The van der Waals surface area contributed by atoms with E-state index < -0.39 is 16.0 Å². The minimum atomic E-state index is -3.69. The summed E-state index contributed by atoms with van der Waals surface area (Å²) in [7, 11) is -1.72. The summed E-state index contributed by atoms with van der Waals surface area (Å²) in [6.45, 7) is 1.31. The summed E-state index contributed by atoms with van der Waals surface area (Å²) in [5.41, 5.74) is -0.00328. The van der Waals surface area contributed by atoms with Gasteiger partial charge in [0.05, 0.1) is 10.5 Å². The molecule has 0 spiro atoms. The second-order valence-electron chi connectivity index (χ2n) is 5.08. The van der Waals surface area contributed by atoms with Gasteiger partial charge in [0.2, 0.25) is 10.0 Å². The zero-order chi connectivity index (χ0) is 15.6. The average Bonchev–Trinajstić information content (AvgIpc) is 2.82. The van der Waals surface area contributed by atoms with Crippen molar-refractivity contribution >= 4 is 38.6 Å². The van der Waals surface area contributed by atoms with Gasteiger partial charge >= 0.3 is 5.97 Å². The maximum atomic E-state index is 12.3. The molecular formula is C13H17IN2O4S. The fraction of sp³-hybridized carbons (Fsp3) is 0.462. The summed E-state index contributed by atoms with van der Waals surface area (Å²) in [5, 5.41) is 9.07. The molecule has 1 aromatic carbocycles. The third-order valence-corrected chi connectivity index (χ3v) is 6.02. The van der Waals surface area contributed by atoms with Gasteiger partial charge < -0.3 is 10.0 Å². The summed E-state index contributed by atoms with van der Waals surface area (Å²) >= 11 is 1.87. The number of sulfonamides is 1. The second-order valence-corrected chi connectivity index (χ2v) is 8.00. The number of carbonyl (C=O) groups is 1. The van der Waals surface area contributed by atoms with Gasteiger partial charge in [0.15, 0.2) is 0 Å². The summed E-state index contributed by atoms with van der Waals surface area (Å²) in [5.74, 6) is -1.13. The van der Waals surface area contributed by atoms with Crippen LogP contribution in [0.15, 0.2) is 23.1 Å². The van der Waals surface area contributed by atoms with Crippen molar-refractivity contribution in [3.63, 3.8) is 0 Å². The number of carboxylic acid groups (broad SMARTS) is 1. The van der Waals surface area contributed by atoms with Crippen LogP contribution in [0.4, 0.5) is 0 Å². The van der Waals surface area contributed by atoms with Gasteiger partial charge in [0.25, 0.3) is 0 Å². The lowest BCUT2D eigenvalue weighted by Crippen LogP contribution is -2.38. The molecule has 0 radical (unpaired) electrons. The number of halogens is 1. The molecule has 1 saturated heterocycles. The number of hydrogen-bond acceptors (Lipinski definition) is 4. The van der Waals surface area contributed by atoms with E-state index in [1.165, 1.54) is 18.2 Å². The first-order valence-corrected chi connectivity index (χ1v) is 9.10. The van der Waals surface area contributed by atoms with Gasteiger partial charge in [-0.05, 0) is 67.2 Å². The Hall–Kier alpha value is -0.710. The van der Waals surface area contributed by atoms with Gasteiger partial charge in [0, 0.05) is 16.2 Å². The molecule has 21 heavy (non-hydrogen) atoms. The number of rotatable bonds is 5. The highest BCUT2D eigenvalue weighted by molar-refractivity contribution is 14.1. The van der Waals surface area contributed by atoms with Crippen LogP contribution in [0, 0.1) is 3.57 Å². The van der Waals surface area contributed by atoms with E-state index in [1.807, 2.05) is 29.6 Å². The smallest absolute Gasteiger partial charge is 0.336 e. The Morgan fingerprint density at radius 2 is 2.24 bits per heavy atom. The molecule has 1 atom stereocenters. The maximum Gasteiger partial charge on any atom is 0.336 e. The van der Waals surface area contributed by atoms with Crippen molar-refractivity contribution in [3.05, 3.63) is 27.3 Å². The highest BCUT2D eigenvalue weighted by Gasteiger charge is 2.24. The number of aromatic carboxylic acids is 1. The van der Waals surface area contributed by atoms with E-state index in [2.05, 4.69) is 9.62 Å². The third kappa shape index (κ3) is 3.93. The molecule has 2 N–H and O–H groups in total. The van der Waals surface area contributed by atoms with Crippen LogP contribution in [0.1, 0.15) is 23.2 Å². The Kier molecular flexibility index (Phi) is 5.23. The van der Waals surface area contributed by atoms with Crippen LogP contribution in [0.2, 0.25) is 0 Å². The minimum Gasteiger partial charge on any atom is -0.478 e. The van der Waals surface area contributed by atoms with E-state index in [-0.39, 0.29) is 16.5 Å². The largest absolute Gasteiger partial charge is 0.478 e. The van der Waals surface area contributed by atoms with Gasteiger partial charge in [-0.1, -0.05) is 0 Å². The molecule has 1 aromatic rings. The van der Waals surface area contributed by atoms with Crippen molar-refractivity contribution in [2.45, 2.75) is 23.8 Å². The normalized spacial score (nSPS) is 19.8. The molecule has 1 aliphatic rings. The van der Waals surface area contributed by atoms with Crippen LogP contribution in [0.3, 0.4) is 0 Å². The van der Waals surface area contributed by atoms with E-state index in [0.717, 1.165) is 19.4 Å². The molecule has 116 valence electrons. The lowest BCUT2D eigenvalue weighted by Gasteiger charge is -2.19. The maximum absolute atomic E-state index is 12.3. The molecule has 1 unspecified atom stereocenters. The van der Waals surface area contributed by atoms with Crippen LogP contribution in [0.25, 0.3) is 0 Å². The monoisotopic (exact) mass is 424 g/mol. The van der Waals surface area contributed by atoms with Crippen molar-refractivity contribution in [3.8, 4) is 0 Å². The standard InChI is InChI=1S/C13H17IN2O4S/c1-16-6-2-3-9(16)8-15-21(19,20)10-4-5-12(14)11(7-10)13(17)18/h4-5,7,9,15H,2-3,6,8H2,1H3,(H,17,18). The summed E-state index contributed by atoms with van der Waals surface area (Å²) in [6, 6.07) is 4.32. The first-order valence-electron chi connectivity index (χ1n) is 6.54. The Labute approximate surface area is 137 Å². The van der Waals surface area contributed by atoms with Gasteiger partial charge in [-0.2, -0.15) is 0 Å². The van der Waals surface area contributed by atoms with Gasteiger partial charge in [0.1, 0.15) is 0 Å². The average molecular weight is 424 g/mol. The van der Waals surface area contributed by atoms with Crippen LogP contribution in [-0.4, -0.2) is 50.6 Å². The van der Waals surface area contributed by atoms with Crippen LogP contribution >= 0.6 is 22.6 Å². The number of likely N-dealkylation sites (N-methyl/N-ethyl adjacent to an activating group) is 1. The summed E-state index contributed by atoms with van der Waals surface area (Å²) in [4.78, 5) is 13.2. The molecular weight excluding hydrogens is 407 g/mol. The molecule has 6 nitrogen and oxygen atoms in total. The van der Waals surface area contributed by atoms with Crippen molar-refractivity contribution in [2.24, 2.45) is 0 Å². The van der Waals surface area contributed by atoms with Crippen molar-refractivity contribution in [1.29, 1.82) is 0 Å². The van der Waals surface area contributed by atoms with Gasteiger partial charge in [-0.15, -0.1) is 0 Å². The fourth-order valence-electron chi connectivity index (χ4n) is 2.36. The molecule has 1 aliphatic heterocycles. The van der Waals surface area contributed by atoms with Crippen molar-refractivity contribution in [2.75, 3.05) is 20.1 Å². The molecule has 0 bridgehead atoms. The number of benzene rings is 1. The first kappa shape index (κ1) is 16.7. The van der Waals surface area contributed by atoms with E-state index >= 15 is 0 Å². The molecule has 2 rings (SSSR count). The second kappa shape index (κ2) is 6.59. The number of likely N-dealkylation sites (tertiary alicyclic amines) is 1.